The van der Waals surface area contributed by atoms with Crippen molar-refractivity contribution in [3.05, 3.63) is 66.0 Å². The summed E-state index contributed by atoms with van der Waals surface area (Å²) in [4.78, 5) is 43.2. The quantitative estimate of drug-likeness (QED) is 0.618. The number of rotatable bonds is 3. The lowest BCUT2D eigenvalue weighted by molar-refractivity contribution is -0.156. The first-order chi connectivity index (χ1) is 12.9. The fourth-order valence-corrected chi connectivity index (χ4v) is 3.48. The Morgan fingerprint density at radius 1 is 1.07 bits per heavy atom. The van der Waals surface area contributed by atoms with Gasteiger partial charge in [-0.25, -0.2) is 14.2 Å². The molecule has 2 atom stereocenters. The SMILES string of the molecule is CC1=N[C@](c2ccc(F)cc2)([C@H]2CC(=O)N(c3ccccc3)C2=O)OC1=O. The van der Waals surface area contributed by atoms with Crippen LogP contribution in [0, 0.1) is 11.7 Å². The largest absolute Gasteiger partial charge is 0.427 e. The Balaban J connectivity index is 1.80. The molecular formula is C20H15FN2O4. The number of imide groups is 1. The van der Waals surface area contributed by atoms with Gasteiger partial charge in [-0.05, 0) is 31.2 Å². The predicted octanol–water partition coefficient (Wildman–Crippen LogP) is 2.58. The van der Waals surface area contributed by atoms with Gasteiger partial charge in [0.1, 0.15) is 17.4 Å². The van der Waals surface area contributed by atoms with E-state index in [-0.39, 0.29) is 12.1 Å². The molecule has 2 aromatic rings. The van der Waals surface area contributed by atoms with E-state index in [0.29, 0.717) is 11.3 Å². The molecule has 0 radical (unpaired) electrons. The average molecular weight is 366 g/mol. The van der Waals surface area contributed by atoms with E-state index in [1.807, 2.05) is 0 Å². The Hall–Kier alpha value is -3.35. The maximum absolute atomic E-state index is 13.4. The lowest BCUT2D eigenvalue weighted by atomic mass is 9.87. The molecule has 4 rings (SSSR count). The number of para-hydroxylation sites is 1. The molecule has 6 nitrogen and oxygen atoms in total. The summed E-state index contributed by atoms with van der Waals surface area (Å²) in [5.41, 5.74) is -0.798. The summed E-state index contributed by atoms with van der Waals surface area (Å²) in [6.45, 7) is 1.48. The van der Waals surface area contributed by atoms with Crippen molar-refractivity contribution >= 4 is 29.2 Å². The molecule has 0 aliphatic carbocycles. The summed E-state index contributed by atoms with van der Waals surface area (Å²) in [5.74, 6) is -3.09. The van der Waals surface area contributed by atoms with Gasteiger partial charge in [-0.3, -0.25) is 14.5 Å². The zero-order chi connectivity index (χ0) is 19.2. The molecule has 2 aromatic carbocycles. The first-order valence-electron chi connectivity index (χ1n) is 8.40. The summed E-state index contributed by atoms with van der Waals surface area (Å²) in [7, 11) is 0. The number of cyclic esters (lactones) is 1. The number of hydrogen-bond donors (Lipinski definition) is 0. The third-order valence-electron chi connectivity index (χ3n) is 4.77. The van der Waals surface area contributed by atoms with Crippen LogP contribution in [0.5, 0.6) is 0 Å². The first kappa shape index (κ1) is 17.1. The van der Waals surface area contributed by atoms with Crippen LogP contribution in [0.25, 0.3) is 0 Å². The van der Waals surface area contributed by atoms with Gasteiger partial charge in [0.05, 0.1) is 5.69 Å². The second kappa shape index (κ2) is 6.12. The van der Waals surface area contributed by atoms with Crippen molar-refractivity contribution in [3.63, 3.8) is 0 Å². The number of carbonyl (C=O) groups is 3. The maximum Gasteiger partial charge on any atom is 0.354 e. The third-order valence-corrected chi connectivity index (χ3v) is 4.77. The topological polar surface area (TPSA) is 76.0 Å². The van der Waals surface area contributed by atoms with Crippen molar-refractivity contribution in [2.45, 2.75) is 19.1 Å². The standard InChI is InChI=1S/C20H15FN2O4/c1-12-19(26)27-20(22-12,13-7-9-14(21)10-8-13)16-11-17(24)23(18(16)25)15-5-3-2-4-6-15/h2-10,16H,11H2,1H3/t16-,20-/m0/s1. The van der Waals surface area contributed by atoms with E-state index >= 15 is 0 Å². The lowest BCUT2D eigenvalue weighted by Gasteiger charge is -2.30. The highest BCUT2D eigenvalue weighted by atomic mass is 19.1. The fourth-order valence-electron chi connectivity index (χ4n) is 3.48. The smallest absolute Gasteiger partial charge is 0.354 e. The van der Waals surface area contributed by atoms with Crippen LogP contribution in [0.15, 0.2) is 59.6 Å². The lowest BCUT2D eigenvalue weighted by Crippen LogP contribution is -2.40. The van der Waals surface area contributed by atoms with Crippen LogP contribution in [-0.2, 0) is 24.8 Å². The first-order valence-corrected chi connectivity index (χ1v) is 8.40. The molecule has 2 aliphatic rings. The maximum atomic E-state index is 13.4. The summed E-state index contributed by atoms with van der Waals surface area (Å²) < 4.78 is 18.9. The number of aliphatic imine (C=N–C) groups is 1. The number of amides is 2. The Kier molecular flexibility index (Phi) is 3.87. The minimum atomic E-state index is -1.68. The molecule has 0 unspecified atom stereocenters. The normalized spacial score (nSPS) is 25.0. The van der Waals surface area contributed by atoms with Gasteiger partial charge < -0.3 is 4.74 Å². The number of ether oxygens (including phenoxy) is 1. The summed E-state index contributed by atoms with van der Waals surface area (Å²) in [6.07, 6.45) is -0.171. The number of hydrogen-bond acceptors (Lipinski definition) is 5. The van der Waals surface area contributed by atoms with Crippen LogP contribution in [0.2, 0.25) is 0 Å². The van der Waals surface area contributed by atoms with Gasteiger partial charge in [-0.2, -0.15) is 0 Å². The van der Waals surface area contributed by atoms with Crippen LogP contribution in [0.4, 0.5) is 10.1 Å². The molecule has 0 aromatic heterocycles. The Labute approximate surface area is 154 Å². The minimum Gasteiger partial charge on any atom is -0.427 e. The number of anilines is 1. The zero-order valence-corrected chi connectivity index (χ0v) is 14.4. The number of benzene rings is 2. The van der Waals surface area contributed by atoms with E-state index < -0.39 is 35.2 Å². The molecule has 136 valence electrons. The zero-order valence-electron chi connectivity index (χ0n) is 14.4. The molecule has 0 spiro atoms. The monoisotopic (exact) mass is 366 g/mol. The summed E-state index contributed by atoms with van der Waals surface area (Å²) in [6, 6.07) is 13.7. The van der Waals surface area contributed by atoms with Crippen LogP contribution >= 0.6 is 0 Å². The van der Waals surface area contributed by atoms with Crippen molar-refractivity contribution in [2.24, 2.45) is 10.9 Å². The van der Waals surface area contributed by atoms with E-state index in [2.05, 4.69) is 4.99 Å². The van der Waals surface area contributed by atoms with E-state index in [9.17, 15) is 18.8 Å². The molecule has 0 N–H and O–H groups in total. The molecule has 7 heteroatoms. The van der Waals surface area contributed by atoms with Gasteiger partial charge in [0.25, 0.3) is 0 Å². The highest BCUT2D eigenvalue weighted by Crippen LogP contribution is 2.45. The highest BCUT2D eigenvalue weighted by molar-refractivity contribution is 6.37. The van der Waals surface area contributed by atoms with Crippen molar-refractivity contribution < 1.29 is 23.5 Å². The van der Waals surface area contributed by atoms with Crippen LogP contribution in [-0.4, -0.2) is 23.5 Å². The summed E-state index contributed by atoms with van der Waals surface area (Å²) in [5, 5.41) is 0. The minimum absolute atomic E-state index is 0.0951. The molecule has 2 aliphatic heterocycles. The Morgan fingerprint density at radius 3 is 2.33 bits per heavy atom. The molecule has 1 saturated heterocycles. The van der Waals surface area contributed by atoms with E-state index in [0.717, 1.165) is 4.90 Å². The van der Waals surface area contributed by atoms with E-state index in [1.54, 1.807) is 30.3 Å². The molecule has 27 heavy (non-hydrogen) atoms. The molecule has 1 fully saturated rings. The van der Waals surface area contributed by atoms with E-state index in [4.69, 9.17) is 4.74 Å². The van der Waals surface area contributed by atoms with Crippen LogP contribution < -0.4 is 4.90 Å². The van der Waals surface area contributed by atoms with Crippen molar-refractivity contribution in [3.8, 4) is 0 Å². The number of nitrogens with zero attached hydrogens (tertiary/aromatic N) is 2. The molecule has 2 heterocycles. The van der Waals surface area contributed by atoms with Crippen LogP contribution in [0.3, 0.4) is 0 Å². The van der Waals surface area contributed by atoms with Crippen molar-refractivity contribution in [1.82, 2.24) is 0 Å². The second-order valence-electron chi connectivity index (χ2n) is 6.45. The van der Waals surface area contributed by atoms with Crippen LogP contribution in [0.1, 0.15) is 18.9 Å². The van der Waals surface area contributed by atoms with Crippen molar-refractivity contribution in [2.75, 3.05) is 4.90 Å². The Bertz CT molecular complexity index is 971. The van der Waals surface area contributed by atoms with Gasteiger partial charge in [0.2, 0.25) is 17.5 Å². The number of esters is 1. The Morgan fingerprint density at radius 2 is 1.74 bits per heavy atom. The fraction of sp³-hybridized carbons (Fsp3) is 0.200. The molecule has 0 saturated carbocycles. The van der Waals surface area contributed by atoms with Gasteiger partial charge in [0.15, 0.2) is 0 Å². The predicted molar refractivity (Wildman–Crippen MR) is 94.3 cm³/mol. The van der Waals surface area contributed by atoms with Gasteiger partial charge >= 0.3 is 5.97 Å². The average Bonchev–Trinajstić information content (AvgIpc) is 3.13. The highest BCUT2D eigenvalue weighted by Gasteiger charge is 2.58. The van der Waals surface area contributed by atoms with Gasteiger partial charge in [-0.15, -0.1) is 0 Å². The molecular weight excluding hydrogens is 351 g/mol. The van der Waals surface area contributed by atoms with Crippen molar-refractivity contribution in [1.29, 1.82) is 0 Å². The van der Waals surface area contributed by atoms with E-state index in [1.165, 1.54) is 31.2 Å². The molecule has 2 amide bonds. The molecule has 0 bridgehead atoms. The number of carbonyl (C=O) groups excluding carboxylic acids is 3. The third kappa shape index (κ3) is 2.63. The van der Waals surface area contributed by atoms with Gasteiger partial charge in [0, 0.05) is 12.0 Å². The van der Waals surface area contributed by atoms with Gasteiger partial charge in [-0.1, -0.05) is 30.3 Å². The second-order valence-corrected chi connectivity index (χ2v) is 6.45. The number of halogens is 1. The summed E-state index contributed by atoms with van der Waals surface area (Å²) >= 11 is 0.